The Hall–Kier alpha value is -3.75. The summed E-state index contributed by atoms with van der Waals surface area (Å²) in [6.07, 6.45) is 0. The van der Waals surface area contributed by atoms with Gasteiger partial charge in [-0.2, -0.15) is 4.80 Å². The first kappa shape index (κ1) is 21.0. The molecule has 2 N–H and O–H groups in total. The van der Waals surface area contributed by atoms with Gasteiger partial charge in [0.15, 0.2) is 6.61 Å². The average molecular weight is 408 g/mol. The molecule has 0 aliphatic heterocycles. The van der Waals surface area contributed by atoms with E-state index in [0.717, 1.165) is 10.4 Å². The summed E-state index contributed by atoms with van der Waals surface area (Å²) in [7, 11) is 0. The predicted molar refractivity (Wildman–Crippen MR) is 110 cm³/mol. The van der Waals surface area contributed by atoms with Crippen molar-refractivity contribution in [1.82, 2.24) is 31.1 Å². The molecule has 0 spiro atoms. The number of tetrazole rings is 1. The van der Waals surface area contributed by atoms with E-state index >= 15 is 0 Å². The average Bonchev–Trinajstić information content (AvgIpc) is 3.19. The van der Waals surface area contributed by atoms with Crippen molar-refractivity contribution in [2.75, 3.05) is 6.61 Å². The van der Waals surface area contributed by atoms with Crippen LogP contribution in [0.2, 0.25) is 0 Å². The van der Waals surface area contributed by atoms with E-state index in [2.05, 4.69) is 47.0 Å². The SMILES string of the molecule is CC(C)(C)c1ccc(OCC(=O)NNC(=O)Cn2nnc(-c3ccccc3)n2)cc1. The molecule has 9 nitrogen and oxygen atoms in total. The van der Waals surface area contributed by atoms with Crippen LogP contribution in [0.25, 0.3) is 11.4 Å². The van der Waals surface area contributed by atoms with E-state index < -0.39 is 11.8 Å². The van der Waals surface area contributed by atoms with Crippen LogP contribution in [0, 0.1) is 0 Å². The summed E-state index contributed by atoms with van der Waals surface area (Å²) in [4.78, 5) is 25.0. The van der Waals surface area contributed by atoms with E-state index in [4.69, 9.17) is 4.74 Å². The Kier molecular flexibility index (Phi) is 6.41. The molecule has 0 unspecified atom stereocenters. The minimum absolute atomic E-state index is 0.0427. The molecular weight excluding hydrogens is 384 g/mol. The van der Waals surface area contributed by atoms with E-state index in [1.165, 1.54) is 5.56 Å². The minimum atomic E-state index is -0.491. The van der Waals surface area contributed by atoms with Crippen LogP contribution in [0.15, 0.2) is 54.6 Å². The molecule has 0 saturated carbocycles. The Morgan fingerprint density at radius 1 is 0.967 bits per heavy atom. The van der Waals surface area contributed by atoms with E-state index in [-0.39, 0.29) is 18.6 Å². The number of carbonyl (C=O) groups is 2. The molecule has 0 saturated heterocycles. The first-order chi connectivity index (χ1) is 14.3. The van der Waals surface area contributed by atoms with Crippen LogP contribution in [-0.4, -0.2) is 38.6 Å². The van der Waals surface area contributed by atoms with Gasteiger partial charge in [-0.3, -0.25) is 20.4 Å². The van der Waals surface area contributed by atoms with Crippen LogP contribution in [0.3, 0.4) is 0 Å². The first-order valence-electron chi connectivity index (χ1n) is 9.45. The minimum Gasteiger partial charge on any atom is -0.484 e. The van der Waals surface area contributed by atoms with Crippen molar-refractivity contribution in [2.24, 2.45) is 0 Å². The highest BCUT2D eigenvalue weighted by molar-refractivity contribution is 5.82. The van der Waals surface area contributed by atoms with Crippen molar-refractivity contribution in [1.29, 1.82) is 0 Å². The van der Waals surface area contributed by atoms with Gasteiger partial charge in [0.25, 0.3) is 11.8 Å². The van der Waals surface area contributed by atoms with Gasteiger partial charge in [0, 0.05) is 5.56 Å². The highest BCUT2D eigenvalue weighted by Gasteiger charge is 2.13. The largest absolute Gasteiger partial charge is 0.484 e. The Bertz CT molecular complexity index is 994. The topological polar surface area (TPSA) is 111 Å². The lowest BCUT2D eigenvalue weighted by atomic mass is 9.87. The van der Waals surface area contributed by atoms with Gasteiger partial charge >= 0.3 is 0 Å². The number of amides is 2. The lowest BCUT2D eigenvalue weighted by molar-refractivity contribution is -0.130. The van der Waals surface area contributed by atoms with Gasteiger partial charge in [0.2, 0.25) is 5.82 Å². The summed E-state index contributed by atoms with van der Waals surface area (Å²) in [5.74, 6) is 0.0118. The molecule has 3 aromatic rings. The molecule has 0 bridgehead atoms. The fourth-order valence-corrected chi connectivity index (χ4v) is 2.56. The molecule has 3 rings (SSSR count). The second-order valence-electron chi connectivity index (χ2n) is 7.67. The molecule has 30 heavy (non-hydrogen) atoms. The lowest BCUT2D eigenvalue weighted by Gasteiger charge is -2.19. The smallest absolute Gasteiger partial charge is 0.276 e. The Labute approximate surface area is 174 Å². The fourth-order valence-electron chi connectivity index (χ4n) is 2.56. The van der Waals surface area contributed by atoms with Gasteiger partial charge in [-0.1, -0.05) is 63.2 Å². The van der Waals surface area contributed by atoms with Crippen LogP contribution in [-0.2, 0) is 21.5 Å². The Balaban J connectivity index is 1.41. The third-order valence-corrected chi connectivity index (χ3v) is 4.20. The van der Waals surface area contributed by atoms with E-state index in [1.807, 2.05) is 54.6 Å². The van der Waals surface area contributed by atoms with Crippen LogP contribution in [0.1, 0.15) is 26.3 Å². The van der Waals surface area contributed by atoms with E-state index in [9.17, 15) is 9.59 Å². The normalized spacial score (nSPS) is 11.0. The third-order valence-electron chi connectivity index (χ3n) is 4.20. The molecule has 1 heterocycles. The van der Waals surface area contributed by atoms with Crippen LogP contribution in [0.5, 0.6) is 5.75 Å². The van der Waals surface area contributed by atoms with Crippen LogP contribution >= 0.6 is 0 Å². The number of carbonyl (C=O) groups excluding carboxylic acids is 2. The molecule has 0 atom stereocenters. The molecule has 1 aromatic heterocycles. The molecule has 0 aliphatic carbocycles. The fraction of sp³-hybridized carbons (Fsp3) is 0.286. The van der Waals surface area contributed by atoms with Gasteiger partial charge in [-0.15, -0.1) is 10.2 Å². The highest BCUT2D eigenvalue weighted by atomic mass is 16.5. The van der Waals surface area contributed by atoms with Crippen molar-refractivity contribution >= 4 is 11.8 Å². The van der Waals surface area contributed by atoms with Crippen molar-refractivity contribution in [2.45, 2.75) is 32.7 Å². The van der Waals surface area contributed by atoms with Crippen LogP contribution < -0.4 is 15.6 Å². The maximum atomic E-state index is 12.0. The first-order valence-corrected chi connectivity index (χ1v) is 9.45. The predicted octanol–water partition coefficient (Wildman–Crippen LogP) is 1.86. The Morgan fingerprint density at radius 3 is 2.30 bits per heavy atom. The summed E-state index contributed by atoms with van der Waals surface area (Å²) in [5.41, 5.74) is 6.60. The molecule has 0 radical (unpaired) electrons. The number of nitrogens with zero attached hydrogens (tertiary/aromatic N) is 4. The molecule has 156 valence electrons. The van der Waals surface area contributed by atoms with Crippen molar-refractivity contribution in [3.05, 3.63) is 60.2 Å². The number of rotatable bonds is 6. The number of nitrogens with one attached hydrogen (secondary N) is 2. The molecule has 0 aliphatic rings. The van der Waals surface area contributed by atoms with E-state index in [1.54, 1.807) is 0 Å². The van der Waals surface area contributed by atoms with Gasteiger partial charge in [0.05, 0.1) is 0 Å². The zero-order valence-corrected chi connectivity index (χ0v) is 17.1. The zero-order valence-electron chi connectivity index (χ0n) is 17.1. The molecule has 2 aromatic carbocycles. The number of hydrogen-bond acceptors (Lipinski definition) is 6. The number of benzene rings is 2. The summed E-state index contributed by atoms with van der Waals surface area (Å²) in [5, 5.41) is 11.9. The van der Waals surface area contributed by atoms with Gasteiger partial charge < -0.3 is 4.74 Å². The van der Waals surface area contributed by atoms with Crippen LogP contribution in [0.4, 0.5) is 0 Å². The number of ether oxygens (including phenoxy) is 1. The number of aromatic nitrogens is 4. The second-order valence-corrected chi connectivity index (χ2v) is 7.67. The number of hydrogen-bond donors (Lipinski definition) is 2. The van der Waals surface area contributed by atoms with Gasteiger partial charge in [-0.05, 0) is 28.3 Å². The van der Waals surface area contributed by atoms with Gasteiger partial charge in [-0.25, -0.2) is 0 Å². The molecule has 0 fully saturated rings. The second kappa shape index (κ2) is 9.17. The molecular formula is C21H24N6O3. The monoisotopic (exact) mass is 408 g/mol. The number of hydrazine groups is 1. The summed E-state index contributed by atoms with van der Waals surface area (Å²) >= 11 is 0. The maximum absolute atomic E-state index is 12.0. The quantitative estimate of drug-likeness (QED) is 0.603. The van der Waals surface area contributed by atoms with Crippen molar-refractivity contribution in [3.8, 4) is 17.1 Å². The summed E-state index contributed by atoms with van der Waals surface area (Å²) < 4.78 is 5.44. The van der Waals surface area contributed by atoms with Crippen molar-refractivity contribution < 1.29 is 14.3 Å². The standard InChI is InChI=1S/C21H24N6O3/c1-21(2,3)16-9-11-17(12-10-16)30-14-19(29)23-22-18(28)13-27-25-20(24-26-27)15-7-5-4-6-8-15/h4-12H,13-14H2,1-3H3,(H,22,28)(H,23,29). The molecule has 2 amide bonds. The van der Waals surface area contributed by atoms with E-state index in [0.29, 0.717) is 11.6 Å². The summed E-state index contributed by atoms with van der Waals surface area (Å²) in [6.45, 7) is 5.95. The molecule has 9 heteroatoms. The zero-order chi connectivity index (χ0) is 21.6. The highest BCUT2D eigenvalue weighted by Crippen LogP contribution is 2.24. The van der Waals surface area contributed by atoms with Gasteiger partial charge in [0.1, 0.15) is 12.3 Å². The lowest BCUT2D eigenvalue weighted by Crippen LogP contribution is -2.45. The Morgan fingerprint density at radius 2 is 1.63 bits per heavy atom. The summed E-state index contributed by atoms with van der Waals surface area (Å²) in [6, 6.07) is 16.8. The maximum Gasteiger partial charge on any atom is 0.276 e. The third kappa shape index (κ3) is 5.87. The van der Waals surface area contributed by atoms with Crippen molar-refractivity contribution in [3.63, 3.8) is 0 Å².